The lowest BCUT2D eigenvalue weighted by atomic mass is 10.0. The van der Waals surface area contributed by atoms with E-state index in [0.717, 1.165) is 44.8 Å². The van der Waals surface area contributed by atoms with Crippen molar-refractivity contribution in [3.63, 3.8) is 0 Å². The molecular weight excluding hydrogens is 572 g/mol. The predicted molar refractivity (Wildman–Crippen MR) is 172 cm³/mol. The third kappa shape index (κ3) is 13.9. The predicted octanol–water partition coefficient (Wildman–Crippen LogP) is 7.75. The average Bonchev–Trinajstić information content (AvgIpc) is 3.58. The second kappa shape index (κ2) is 18.8. The molecule has 42 heavy (non-hydrogen) atoms. The Bertz CT molecular complexity index is 831. The largest absolute Gasteiger partial charge is 0.414 e. The van der Waals surface area contributed by atoms with Gasteiger partial charge < -0.3 is 23.4 Å². The Hall–Kier alpha value is -0.0731. The molecule has 250 valence electrons. The van der Waals surface area contributed by atoms with Crippen LogP contribution in [0.25, 0.3) is 0 Å². The van der Waals surface area contributed by atoms with Gasteiger partial charge >= 0.3 is 0 Å². The van der Waals surface area contributed by atoms with Crippen LogP contribution in [0.4, 0.5) is 0 Å². The van der Waals surface area contributed by atoms with Crippen molar-refractivity contribution in [1.82, 2.24) is 0 Å². The van der Waals surface area contributed by atoms with Gasteiger partial charge in [0.25, 0.3) is 10.1 Å². The Morgan fingerprint density at radius 1 is 0.810 bits per heavy atom. The van der Waals surface area contributed by atoms with E-state index in [2.05, 4.69) is 40.8 Å². The molecule has 0 unspecified atom stereocenters. The maximum absolute atomic E-state index is 12.1. The summed E-state index contributed by atoms with van der Waals surface area (Å²) in [5, 5.41) is 0.0176. The molecule has 2 rings (SSSR count). The maximum atomic E-state index is 12.1. The Balaban J connectivity index is 1.84. The Morgan fingerprint density at radius 3 is 1.79 bits per heavy atom. The number of methoxy groups -OCH3 is 1. The molecule has 0 N–H and O–H groups in total. The lowest BCUT2D eigenvalue weighted by molar-refractivity contribution is -0.145. The van der Waals surface area contributed by atoms with E-state index in [1.54, 1.807) is 7.11 Å². The van der Waals surface area contributed by atoms with Crippen molar-refractivity contribution in [1.29, 1.82) is 0 Å². The van der Waals surface area contributed by atoms with Crippen molar-refractivity contribution in [3.8, 4) is 0 Å². The molecule has 0 saturated carbocycles. The van der Waals surface area contributed by atoms with Crippen molar-refractivity contribution < 1.29 is 36.0 Å². The number of rotatable bonds is 22. The van der Waals surface area contributed by atoms with Gasteiger partial charge in [0.1, 0.15) is 12.9 Å². The summed E-state index contributed by atoms with van der Waals surface area (Å²) in [7, 11) is -4.07. The first kappa shape index (κ1) is 38.1. The van der Waals surface area contributed by atoms with Crippen LogP contribution in [0.1, 0.15) is 124 Å². The molecule has 0 bridgehead atoms. The van der Waals surface area contributed by atoms with Crippen molar-refractivity contribution in [2.24, 2.45) is 0 Å². The molecule has 0 aliphatic carbocycles. The van der Waals surface area contributed by atoms with Crippen LogP contribution in [0.3, 0.4) is 0 Å². The lowest BCUT2D eigenvalue weighted by Gasteiger charge is -2.37. The van der Waals surface area contributed by atoms with Crippen LogP contribution in [-0.4, -0.2) is 80.1 Å². The van der Waals surface area contributed by atoms with Crippen molar-refractivity contribution in [2.45, 2.75) is 179 Å². The van der Waals surface area contributed by atoms with Gasteiger partial charge in [0.15, 0.2) is 8.32 Å². The van der Waals surface area contributed by atoms with Crippen molar-refractivity contribution in [2.75, 3.05) is 26.8 Å². The first-order chi connectivity index (χ1) is 19.8. The van der Waals surface area contributed by atoms with Crippen LogP contribution in [0, 0.1) is 0 Å². The van der Waals surface area contributed by atoms with Gasteiger partial charge in [-0.3, -0.25) is 4.18 Å². The third-order valence-corrected chi connectivity index (χ3v) is 14.5. The number of unbranched alkanes of at least 4 members (excludes halogenated alkanes) is 9. The molecule has 6 atom stereocenters. The summed E-state index contributed by atoms with van der Waals surface area (Å²) in [4.78, 5) is 0. The fraction of sp³-hybridized carbons (Fsp3) is 1.00. The standard InChI is InChI=1S/C32H64O8SSi/c1-9-10-11-12-13-14-15-16-17-18-19-26(36-25-35-5)27-20-21-28(38-27)29-22-23-30(39-29)31(40-41(6,33)34)24-37-42(7,8)32(2,3)4/h26-31H,9-25H2,1-8H3/t26-,27+,28+,29+,30+,31-/m0/s1. The Kier molecular flexibility index (Phi) is 17.0. The highest BCUT2D eigenvalue weighted by Gasteiger charge is 2.44. The van der Waals surface area contributed by atoms with Gasteiger partial charge in [0.2, 0.25) is 0 Å². The molecule has 0 aromatic carbocycles. The molecule has 8 nitrogen and oxygen atoms in total. The minimum Gasteiger partial charge on any atom is -0.414 e. The van der Waals surface area contributed by atoms with Crippen LogP contribution in [0.5, 0.6) is 0 Å². The van der Waals surface area contributed by atoms with Crippen LogP contribution < -0.4 is 0 Å². The third-order valence-electron chi connectivity index (χ3n) is 9.37. The summed E-state index contributed by atoms with van der Waals surface area (Å²) >= 11 is 0. The van der Waals surface area contributed by atoms with E-state index in [1.165, 1.54) is 57.8 Å². The summed E-state index contributed by atoms with van der Waals surface area (Å²) in [6, 6.07) is 0. The zero-order valence-corrected chi connectivity index (χ0v) is 30.0. The van der Waals surface area contributed by atoms with E-state index in [0.29, 0.717) is 0 Å². The lowest BCUT2D eigenvalue weighted by Crippen LogP contribution is -2.45. The number of ether oxygens (including phenoxy) is 4. The van der Waals surface area contributed by atoms with Crippen molar-refractivity contribution >= 4 is 18.4 Å². The highest BCUT2D eigenvalue weighted by atomic mass is 32.2. The first-order valence-electron chi connectivity index (χ1n) is 16.7. The summed E-state index contributed by atoms with van der Waals surface area (Å²) in [6.45, 7) is 13.6. The van der Waals surface area contributed by atoms with Crippen LogP contribution in [0.15, 0.2) is 0 Å². The molecule has 0 aromatic rings. The molecule has 2 saturated heterocycles. The van der Waals surface area contributed by atoms with Gasteiger partial charge in [-0.15, -0.1) is 0 Å². The van der Waals surface area contributed by atoms with Crippen LogP contribution in [-0.2, 0) is 37.7 Å². The summed E-state index contributed by atoms with van der Waals surface area (Å²) in [5.41, 5.74) is 0. The second-order valence-corrected chi connectivity index (χ2v) is 20.5. The minimum atomic E-state index is -3.66. The normalized spacial score (nSPS) is 25.2. The molecule has 2 fully saturated rings. The first-order valence-corrected chi connectivity index (χ1v) is 21.4. The zero-order chi connectivity index (χ0) is 31.2. The fourth-order valence-electron chi connectivity index (χ4n) is 5.77. The fourth-order valence-corrected chi connectivity index (χ4v) is 7.41. The maximum Gasteiger partial charge on any atom is 0.264 e. The van der Waals surface area contributed by atoms with E-state index in [-0.39, 0.29) is 49.0 Å². The Morgan fingerprint density at radius 2 is 1.31 bits per heavy atom. The van der Waals surface area contributed by atoms with Gasteiger partial charge in [-0.2, -0.15) is 8.42 Å². The van der Waals surface area contributed by atoms with Crippen molar-refractivity contribution in [3.05, 3.63) is 0 Å². The minimum absolute atomic E-state index is 0.0144. The smallest absolute Gasteiger partial charge is 0.264 e. The van der Waals surface area contributed by atoms with Crippen LogP contribution in [0.2, 0.25) is 18.1 Å². The number of hydrogen-bond donors (Lipinski definition) is 0. The average molecular weight is 637 g/mol. The molecule has 0 radical (unpaired) electrons. The van der Waals surface area contributed by atoms with Gasteiger partial charge in [0.05, 0.1) is 43.4 Å². The highest BCUT2D eigenvalue weighted by molar-refractivity contribution is 7.86. The van der Waals surface area contributed by atoms with E-state index in [4.69, 9.17) is 27.6 Å². The molecule has 0 spiro atoms. The van der Waals surface area contributed by atoms with Gasteiger partial charge in [-0.25, -0.2) is 0 Å². The molecular formula is C32H64O8SSi. The SMILES string of the molecule is CCCCCCCCCCCC[C@H](OCOC)[C@H]1CC[C@H]([C@H]2CC[C@H]([C@H](CO[Si](C)(C)C(C)(C)C)OS(C)(=O)=O)O2)O1. The highest BCUT2D eigenvalue weighted by Crippen LogP contribution is 2.38. The summed E-state index contributed by atoms with van der Waals surface area (Å²) < 4.78 is 60.4. The monoisotopic (exact) mass is 636 g/mol. The van der Waals surface area contributed by atoms with Gasteiger partial charge in [0, 0.05) is 7.11 Å². The molecule has 2 aliphatic rings. The molecule has 10 heteroatoms. The summed E-state index contributed by atoms with van der Waals surface area (Å²) in [5.74, 6) is 0. The second-order valence-electron chi connectivity index (χ2n) is 14.1. The zero-order valence-electron chi connectivity index (χ0n) is 28.2. The molecule has 2 heterocycles. The van der Waals surface area contributed by atoms with Gasteiger partial charge in [-0.1, -0.05) is 91.9 Å². The quantitative estimate of drug-likeness (QED) is 0.0516. The Labute approximate surface area is 259 Å². The van der Waals surface area contributed by atoms with E-state index in [9.17, 15) is 8.42 Å². The van der Waals surface area contributed by atoms with E-state index < -0.39 is 24.5 Å². The molecule has 2 aliphatic heterocycles. The molecule has 0 amide bonds. The number of hydrogen-bond acceptors (Lipinski definition) is 8. The topological polar surface area (TPSA) is 89.5 Å². The van der Waals surface area contributed by atoms with E-state index >= 15 is 0 Å². The van der Waals surface area contributed by atoms with E-state index in [1.807, 2.05) is 0 Å². The summed E-state index contributed by atoms with van der Waals surface area (Å²) in [6.07, 6.45) is 17.5. The van der Waals surface area contributed by atoms with Crippen LogP contribution >= 0.6 is 0 Å². The van der Waals surface area contributed by atoms with Gasteiger partial charge in [-0.05, 0) is 50.2 Å². The molecule has 0 aromatic heterocycles.